The van der Waals surface area contributed by atoms with Crippen LogP contribution in [0.25, 0.3) is 0 Å². The molecule has 2 rings (SSSR count). The topological polar surface area (TPSA) is 168 Å². The number of hydrogen-bond donors (Lipinski definition) is 3. The molecule has 2 atom stereocenters. The van der Waals surface area contributed by atoms with Crippen molar-refractivity contribution in [3.8, 4) is 0 Å². The molecule has 1 fully saturated rings. The zero-order valence-electron chi connectivity index (χ0n) is 19.7. The van der Waals surface area contributed by atoms with Gasteiger partial charge in [-0.2, -0.15) is 0 Å². The van der Waals surface area contributed by atoms with E-state index in [9.17, 15) is 19.5 Å². The summed E-state index contributed by atoms with van der Waals surface area (Å²) in [5, 5.41) is 15.8. The number of carbonyl (C=O) groups excluding carboxylic acids is 3. The highest BCUT2D eigenvalue weighted by molar-refractivity contribution is 5.96. The molecule has 1 heterocycles. The normalized spacial score (nSPS) is 20.5. The summed E-state index contributed by atoms with van der Waals surface area (Å²) in [5.74, 6) is -2.60. The molecule has 0 aromatic heterocycles. The molecule has 1 saturated heterocycles. The number of benzene rings is 1. The number of oxime groups is 1. The molecule has 1 aliphatic rings. The Balaban J connectivity index is 2.19. The second-order valence-electron chi connectivity index (χ2n) is 7.47. The van der Waals surface area contributed by atoms with Gasteiger partial charge in [-0.05, 0) is 32.3 Å². The van der Waals surface area contributed by atoms with Gasteiger partial charge in [0, 0.05) is 0 Å². The van der Waals surface area contributed by atoms with Gasteiger partial charge < -0.3 is 39.9 Å². The van der Waals surface area contributed by atoms with E-state index in [4.69, 9.17) is 29.5 Å². The standard InChI is InChI=1S/C23H31N3O9/c1-3-31-19(28)12-18(20(29)32-4-2)35-26-21(24)23(11-10-17(13-27)34-15-23)25-22(30)33-14-16-8-6-5-7-9-16/h5-9,12,17,27H,3-4,10-11,13-15H2,1-2H3,(H2,24,26)(H,25,30)/t17-,23+/m0/s1. The number of hydrogen-bond acceptors (Lipinski definition) is 10. The van der Waals surface area contributed by atoms with Crippen LogP contribution in [0.1, 0.15) is 32.3 Å². The van der Waals surface area contributed by atoms with E-state index in [1.165, 1.54) is 0 Å². The SMILES string of the molecule is CCOC(=O)C=C(ON=C(N)[C@@]1(NC(=O)OCc2ccccc2)CC[C@@H](CO)OC1)C(=O)OCC. The predicted octanol–water partition coefficient (Wildman–Crippen LogP) is 1.12. The third-order valence-electron chi connectivity index (χ3n) is 4.96. The van der Waals surface area contributed by atoms with Gasteiger partial charge in [-0.15, -0.1) is 0 Å². The quantitative estimate of drug-likeness (QED) is 0.0772. The predicted molar refractivity (Wildman–Crippen MR) is 123 cm³/mol. The van der Waals surface area contributed by atoms with E-state index in [-0.39, 0.29) is 45.3 Å². The monoisotopic (exact) mass is 493 g/mol. The second-order valence-corrected chi connectivity index (χ2v) is 7.47. The van der Waals surface area contributed by atoms with Crippen LogP contribution in [0.3, 0.4) is 0 Å². The number of amidine groups is 1. The molecule has 0 unspecified atom stereocenters. The Kier molecular flexibility index (Phi) is 11.0. The van der Waals surface area contributed by atoms with Gasteiger partial charge in [0.25, 0.3) is 0 Å². The summed E-state index contributed by atoms with van der Waals surface area (Å²) in [6, 6.07) is 9.07. The maximum absolute atomic E-state index is 12.6. The molecule has 0 saturated carbocycles. The van der Waals surface area contributed by atoms with Crippen molar-refractivity contribution in [2.75, 3.05) is 26.4 Å². The zero-order chi connectivity index (χ0) is 25.7. The molecule has 192 valence electrons. The summed E-state index contributed by atoms with van der Waals surface area (Å²) in [5.41, 5.74) is 5.58. The van der Waals surface area contributed by atoms with Crippen molar-refractivity contribution >= 4 is 23.9 Å². The first kappa shape index (κ1) is 27.6. The third-order valence-corrected chi connectivity index (χ3v) is 4.96. The number of nitrogens with zero attached hydrogens (tertiary/aromatic N) is 1. The van der Waals surface area contributed by atoms with Crippen LogP contribution in [-0.2, 0) is 40.0 Å². The van der Waals surface area contributed by atoms with E-state index < -0.39 is 35.4 Å². The third kappa shape index (κ3) is 8.58. The van der Waals surface area contributed by atoms with E-state index in [1.807, 2.05) is 18.2 Å². The Hall–Kier alpha value is -3.64. The van der Waals surface area contributed by atoms with Crippen LogP contribution in [0, 0.1) is 0 Å². The van der Waals surface area contributed by atoms with Crippen molar-refractivity contribution in [2.24, 2.45) is 10.9 Å². The zero-order valence-corrected chi connectivity index (χ0v) is 19.7. The summed E-state index contributed by atoms with van der Waals surface area (Å²) in [6.45, 7) is 2.95. The summed E-state index contributed by atoms with van der Waals surface area (Å²) >= 11 is 0. The van der Waals surface area contributed by atoms with Crippen molar-refractivity contribution in [1.29, 1.82) is 0 Å². The van der Waals surface area contributed by atoms with Gasteiger partial charge in [0.2, 0.25) is 5.76 Å². The van der Waals surface area contributed by atoms with E-state index in [0.29, 0.717) is 6.42 Å². The molecular formula is C23H31N3O9. The molecule has 1 aliphatic heterocycles. The lowest BCUT2D eigenvalue weighted by Crippen LogP contribution is -2.63. The number of nitrogens with one attached hydrogen (secondary N) is 1. The van der Waals surface area contributed by atoms with E-state index in [0.717, 1.165) is 11.6 Å². The second kappa shape index (κ2) is 13.9. The minimum Gasteiger partial charge on any atom is -0.463 e. The smallest absolute Gasteiger partial charge is 0.408 e. The number of amides is 1. The fourth-order valence-electron chi connectivity index (χ4n) is 3.09. The molecule has 0 bridgehead atoms. The van der Waals surface area contributed by atoms with E-state index in [1.54, 1.807) is 26.0 Å². The number of esters is 2. The summed E-state index contributed by atoms with van der Waals surface area (Å²) in [6.07, 6.45) is 0.123. The molecule has 1 amide bonds. The number of alkyl carbamates (subject to hydrolysis) is 1. The molecule has 12 heteroatoms. The average molecular weight is 494 g/mol. The van der Waals surface area contributed by atoms with Gasteiger partial charge in [-0.3, -0.25) is 0 Å². The van der Waals surface area contributed by atoms with Crippen molar-refractivity contribution in [1.82, 2.24) is 5.32 Å². The first-order valence-electron chi connectivity index (χ1n) is 11.1. The van der Waals surface area contributed by atoms with Crippen molar-refractivity contribution < 1.29 is 43.3 Å². The molecule has 0 radical (unpaired) electrons. The number of aliphatic hydroxyl groups excluding tert-OH is 1. The molecule has 1 aromatic carbocycles. The minimum absolute atomic E-state index is 0.0196. The maximum atomic E-state index is 12.6. The largest absolute Gasteiger partial charge is 0.463 e. The minimum atomic E-state index is -1.36. The molecule has 0 spiro atoms. The van der Waals surface area contributed by atoms with Crippen LogP contribution in [0.5, 0.6) is 0 Å². The van der Waals surface area contributed by atoms with Crippen LogP contribution in [0.15, 0.2) is 47.3 Å². The highest BCUT2D eigenvalue weighted by Crippen LogP contribution is 2.24. The molecule has 35 heavy (non-hydrogen) atoms. The highest BCUT2D eigenvalue weighted by Gasteiger charge is 2.42. The Morgan fingerprint density at radius 3 is 2.51 bits per heavy atom. The molecular weight excluding hydrogens is 462 g/mol. The Labute approximate surface area is 203 Å². The lowest BCUT2D eigenvalue weighted by Gasteiger charge is -2.38. The first-order valence-corrected chi connectivity index (χ1v) is 11.1. The molecule has 1 aromatic rings. The van der Waals surface area contributed by atoms with E-state index in [2.05, 4.69) is 10.5 Å². The van der Waals surface area contributed by atoms with Crippen LogP contribution < -0.4 is 11.1 Å². The van der Waals surface area contributed by atoms with Gasteiger partial charge in [0.05, 0.1) is 38.6 Å². The van der Waals surface area contributed by atoms with Crippen molar-refractivity contribution in [3.63, 3.8) is 0 Å². The summed E-state index contributed by atoms with van der Waals surface area (Å²) < 4.78 is 20.5. The van der Waals surface area contributed by atoms with Crippen molar-refractivity contribution in [2.45, 2.75) is 44.9 Å². The lowest BCUT2D eigenvalue weighted by molar-refractivity contribution is -0.144. The van der Waals surface area contributed by atoms with Gasteiger partial charge >= 0.3 is 18.0 Å². The maximum Gasteiger partial charge on any atom is 0.408 e. The number of rotatable bonds is 11. The van der Waals surface area contributed by atoms with Crippen LogP contribution in [-0.4, -0.2) is 67.0 Å². The van der Waals surface area contributed by atoms with Crippen LogP contribution in [0.2, 0.25) is 0 Å². The Morgan fingerprint density at radius 2 is 1.91 bits per heavy atom. The molecule has 0 aliphatic carbocycles. The number of ether oxygens (including phenoxy) is 4. The van der Waals surface area contributed by atoms with Gasteiger partial charge in [-0.25, -0.2) is 14.4 Å². The fraction of sp³-hybridized carbons (Fsp3) is 0.478. The number of aliphatic hydroxyl groups is 1. The van der Waals surface area contributed by atoms with Crippen LogP contribution in [0.4, 0.5) is 4.79 Å². The Morgan fingerprint density at radius 1 is 1.20 bits per heavy atom. The van der Waals surface area contributed by atoms with Gasteiger partial charge in [-0.1, -0.05) is 35.5 Å². The first-order chi connectivity index (χ1) is 16.8. The van der Waals surface area contributed by atoms with Crippen LogP contribution >= 0.6 is 0 Å². The fourth-order valence-corrected chi connectivity index (χ4v) is 3.09. The number of nitrogens with two attached hydrogens (primary N) is 1. The summed E-state index contributed by atoms with van der Waals surface area (Å²) in [7, 11) is 0. The average Bonchev–Trinajstić information content (AvgIpc) is 2.86. The highest BCUT2D eigenvalue weighted by atomic mass is 16.7. The molecule has 4 N–H and O–H groups in total. The van der Waals surface area contributed by atoms with Crippen molar-refractivity contribution in [3.05, 3.63) is 47.7 Å². The number of carbonyl (C=O) groups is 3. The lowest BCUT2D eigenvalue weighted by atomic mass is 9.89. The summed E-state index contributed by atoms with van der Waals surface area (Å²) in [4.78, 5) is 41.6. The molecule has 12 nitrogen and oxygen atoms in total. The Bertz CT molecular complexity index is 910. The van der Waals surface area contributed by atoms with E-state index >= 15 is 0 Å². The van der Waals surface area contributed by atoms with Gasteiger partial charge in [0.1, 0.15) is 12.1 Å². The van der Waals surface area contributed by atoms with Gasteiger partial charge in [0.15, 0.2) is 5.84 Å².